The van der Waals surface area contributed by atoms with Gasteiger partial charge in [0.2, 0.25) is 0 Å². The number of halogens is 2. The van der Waals surface area contributed by atoms with Crippen molar-refractivity contribution in [2.75, 3.05) is 13.2 Å². The number of hydrogen-bond acceptors (Lipinski definition) is 2. The lowest BCUT2D eigenvalue weighted by Gasteiger charge is -2.09. The summed E-state index contributed by atoms with van der Waals surface area (Å²) >= 11 is 11.9. The maximum Gasteiger partial charge on any atom is 0.156 e. The predicted octanol–water partition coefficient (Wildman–Crippen LogP) is 3.12. The van der Waals surface area contributed by atoms with Crippen LogP contribution in [0.3, 0.4) is 0 Å². The minimum Gasteiger partial charge on any atom is -0.489 e. The largest absolute Gasteiger partial charge is 0.489 e. The van der Waals surface area contributed by atoms with E-state index >= 15 is 0 Å². The highest BCUT2D eigenvalue weighted by Gasteiger charge is 2.19. The van der Waals surface area contributed by atoms with Crippen LogP contribution >= 0.6 is 23.2 Å². The van der Waals surface area contributed by atoms with E-state index in [9.17, 15) is 0 Å². The lowest BCUT2D eigenvalue weighted by molar-refractivity contribution is 0.314. The highest BCUT2D eigenvalue weighted by Crippen LogP contribution is 2.32. The monoisotopic (exact) mass is 245 g/mol. The van der Waals surface area contributed by atoms with Crippen molar-refractivity contribution in [3.05, 3.63) is 28.2 Å². The molecule has 0 aliphatic heterocycles. The molecule has 0 radical (unpaired) electrons. The minimum absolute atomic E-state index is 0.564. The first kappa shape index (κ1) is 11.1. The van der Waals surface area contributed by atoms with Gasteiger partial charge in [0, 0.05) is 12.6 Å². The number of nitrogens with one attached hydrogen (secondary N) is 1. The summed E-state index contributed by atoms with van der Waals surface area (Å²) in [5, 5.41) is 4.48. The van der Waals surface area contributed by atoms with Crippen LogP contribution in [0.15, 0.2) is 18.2 Å². The summed E-state index contributed by atoms with van der Waals surface area (Å²) in [4.78, 5) is 0. The molecule has 82 valence electrons. The zero-order valence-electron chi connectivity index (χ0n) is 8.30. The van der Waals surface area contributed by atoms with E-state index in [1.165, 1.54) is 12.8 Å². The molecule has 2 rings (SSSR count). The maximum atomic E-state index is 5.95. The summed E-state index contributed by atoms with van der Waals surface area (Å²) < 4.78 is 5.52. The summed E-state index contributed by atoms with van der Waals surface area (Å²) in [6.07, 6.45) is 2.57. The third kappa shape index (κ3) is 3.26. The zero-order valence-corrected chi connectivity index (χ0v) is 9.81. The first-order valence-electron chi connectivity index (χ1n) is 5.07. The van der Waals surface area contributed by atoms with Gasteiger partial charge in [-0.2, -0.15) is 0 Å². The fourth-order valence-corrected chi connectivity index (χ4v) is 1.83. The molecule has 1 N–H and O–H groups in total. The van der Waals surface area contributed by atoms with Gasteiger partial charge in [0.1, 0.15) is 6.61 Å². The molecule has 1 aliphatic carbocycles. The van der Waals surface area contributed by atoms with Crippen LogP contribution in [0.4, 0.5) is 0 Å². The molecule has 0 atom stereocenters. The third-order valence-corrected chi connectivity index (χ3v) is 2.87. The molecule has 0 spiro atoms. The highest BCUT2D eigenvalue weighted by atomic mass is 35.5. The van der Waals surface area contributed by atoms with E-state index in [4.69, 9.17) is 27.9 Å². The quantitative estimate of drug-likeness (QED) is 0.806. The smallest absolute Gasteiger partial charge is 0.156 e. The van der Waals surface area contributed by atoms with Crippen molar-refractivity contribution in [2.45, 2.75) is 18.9 Å². The van der Waals surface area contributed by atoms with E-state index in [1.54, 1.807) is 18.2 Å². The van der Waals surface area contributed by atoms with Crippen molar-refractivity contribution in [1.82, 2.24) is 5.32 Å². The predicted molar refractivity (Wildman–Crippen MR) is 63.0 cm³/mol. The molecule has 4 heteroatoms. The van der Waals surface area contributed by atoms with Crippen LogP contribution in [0.1, 0.15) is 12.8 Å². The first-order chi connectivity index (χ1) is 7.27. The van der Waals surface area contributed by atoms with E-state index < -0.39 is 0 Å². The summed E-state index contributed by atoms with van der Waals surface area (Å²) in [7, 11) is 0. The Hall–Kier alpha value is -0.440. The van der Waals surface area contributed by atoms with Crippen molar-refractivity contribution >= 4 is 23.2 Å². The SMILES string of the molecule is Clc1cccc(Cl)c1OCCNC1CC1. The fraction of sp³-hybridized carbons (Fsp3) is 0.455. The van der Waals surface area contributed by atoms with E-state index in [1.807, 2.05) is 0 Å². The Morgan fingerprint density at radius 1 is 1.27 bits per heavy atom. The topological polar surface area (TPSA) is 21.3 Å². The van der Waals surface area contributed by atoms with Gasteiger partial charge in [-0.25, -0.2) is 0 Å². The molecule has 15 heavy (non-hydrogen) atoms. The van der Waals surface area contributed by atoms with Gasteiger partial charge < -0.3 is 10.1 Å². The van der Waals surface area contributed by atoms with Crippen LogP contribution in [0.2, 0.25) is 10.0 Å². The summed E-state index contributed by atoms with van der Waals surface area (Å²) in [5.41, 5.74) is 0. The van der Waals surface area contributed by atoms with Crippen LogP contribution in [-0.4, -0.2) is 19.2 Å². The fourth-order valence-electron chi connectivity index (χ4n) is 1.32. The average molecular weight is 246 g/mol. The Kier molecular flexibility index (Phi) is 3.73. The number of rotatable bonds is 5. The number of ether oxygens (including phenoxy) is 1. The van der Waals surface area contributed by atoms with Crippen LogP contribution in [0, 0.1) is 0 Å². The normalized spacial score (nSPS) is 15.3. The Morgan fingerprint density at radius 2 is 1.93 bits per heavy atom. The number of hydrogen-bond donors (Lipinski definition) is 1. The van der Waals surface area contributed by atoms with Gasteiger partial charge in [-0.15, -0.1) is 0 Å². The second kappa shape index (κ2) is 5.06. The molecule has 1 aromatic rings. The average Bonchev–Trinajstić information content (AvgIpc) is 3.00. The zero-order chi connectivity index (χ0) is 10.7. The van der Waals surface area contributed by atoms with Crippen LogP contribution in [0.25, 0.3) is 0 Å². The van der Waals surface area contributed by atoms with Gasteiger partial charge in [0.15, 0.2) is 5.75 Å². The summed E-state index contributed by atoms with van der Waals surface area (Å²) in [6, 6.07) is 6.06. The van der Waals surface area contributed by atoms with E-state index in [0.29, 0.717) is 28.4 Å². The van der Waals surface area contributed by atoms with Crippen molar-refractivity contribution < 1.29 is 4.74 Å². The van der Waals surface area contributed by atoms with Crippen molar-refractivity contribution in [3.8, 4) is 5.75 Å². The van der Waals surface area contributed by atoms with Crippen molar-refractivity contribution in [1.29, 1.82) is 0 Å². The second-order valence-electron chi connectivity index (χ2n) is 3.63. The molecule has 1 saturated carbocycles. The summed E-state index contributed by atoms with van der Waals surface area (Å²) in [6.45, 7) is 1.44. The molecular weight excluding hydrogens is 233 g/mol. The van der Waals surface area contributed by atoms with Gasteiger partial charge in [0.25, 0.3) is 0 Å². The highest BCUT2D eigenvalue weighted by molar-refractivity contribution is 6.37. The Labute approximate surface area is 99.5 Å². The molecule has 0 aromatic heterocycles. The van der Waals surface area contributed by atoms with Crippen LogP contribution in [-0.2, 0) is 0 Å². The van der Waals surface area contributed by atoms with Crippen molar-refractivity contribution in [2.24, 2.45) is 0 Å². The molecule has 1 aliphatic rings. The lowest BCUT2D eigenvalue weighted by atomic mass is 10.3. The van der Waals surface area contributed by atoms with E-state index in [0.717, 1.165) is 6.54 Å². The molecule has 1 fully saturated rings. The van der Waals surface area contributed by atoms with Gasteiger partial charge in [-0.3, -0.25) is 0 Å². The van der Waals surface area contributed by atoms with Crippen LogP contribution < -0.4 is 10.1 Å². The molecule has 0 heterocycles. The van der Waals surface area contributed by atoms with E-state index in [-0.39, 0.29) is 0 Å². The van der Waals surface area contributed by atoms with Crippen LogP contribution in [0.5, 0.6) is 5.75 Å². The van der Waals surface area contributed by atoms with Gasteiger partial charge in [-0.1, -0.05) is 29.3 Å². The lowest BCUT2D eigenvalue weighted by Crippen LogP contribution is -2.22. The molecule has 0 saturated heterocycles. The summed E-state index contributed by atoms with van der Waals surface area (Å²) in [5.74, 6) is 0.582. The number of benzene rings is 1. The van der Waals surface area contributed by atoms with Gasteiger partial charge in [-0.05, 0) is 25.0 Å². The molecule has 1 aromatic carbocycles. The Morgan fingerprint density at radius 3 is 2.53 bits per heavy atom. The minimum atomic E-state index is 0.564. The number of para-hydroxylation sites is 1. The molecule has 2 nitrogen and oxygen atoms in total. The van der Waals surface area contributed by atoms with E-state index in [2.05, 4.69) is 5.32 Å². The molecule has 0 unspecified atom stereocenters. The molecule has 0 amide bonds. The third-order valence-electron chi connectivity index (χ3n) is 2.28. The standard InChI is InChI=1S/C11H13Cl2NO/c12-9-2-1-3-10(13)11(9)15-7-6-14-8-4-5-8/h1-3,8,14H,4-7H2. The second-order valence-corrected chi connectivity index (χ2v) is 4.44. The molecular formula is C11H13Cl2NO. The van der Waals surface area contributed by atoms with Gasteiger partial charge >= 0.3 is 0 Å². The Balaban J connectivity index is 1.80. The maximum absolute atomic E-state index is 5.95. The van der Waals surface area contributed by atoms with Gasteiger partial charge in [0.05, 0.1) is 10.0 Å². The molecule has 0 bridgehead atoms. The Bertz CT molecular complexity index is 319. The van der Waals surface area contributed by atoms with Crippen molar-refractivity contribution in [3.63, 3.8) is 0 Å². The first-order valence-corrected chi connectivity index (χ1v) is 5.83.